The molecule has 2 rings (SSSR count). The predicted octanol–water partition coefficient (Wildman–Crippen LogP) is 0.820. The highest BCUT2D eigenvalue weighted by Gasteiger charge is 2.32. The molecule has 0 radical (unpaired) electrons. The molecular formula is C13H17FN2O2. The molecule has 98 valence electrons. The maximum atomic E-state index is 12.9. The number of rotatable bonds is 5. The van der Waals surface area contributed by atoms with Gasteiger partial charge in [-0.1, -0.05) is 12.1 Å². The highest BCUT2D eigenvalue weighted by Crippen LogP contribution is 2.14. The highest BCUT2D eigenvalue weighted by atomic mass is 19.1. The average Bonchev–Trinajstić information content (AvgIpc) is 2.31. The Morgan fingerprint density at radius 3 is 2.94 bits per heavy atom. The number of carbonyl (C=O) groups is 1. The lowest BCUT2D eigenvalue weighted by Crippen LogP contribution is -2.59. The van der Waals surface area contributed by atoms with Gasteiger partial charge in [-0.25, -0.2) is 4.39 Å². The van der Waals surface area contributed by atoms with Crippen molar-refractivity contribution < 1.29 is 13.9 Å². The van der Waals surface area contributed by atoms with Crippen LogP contribution in [0.1, 0.15) is 12.5 Å². The number of amides is 1. The summed E-state index contributed by atoms with van der Waals surface area (Å²) in [6.07, 6.45) is 0. The van der Waals surface area contributed by atoms with E-state index in [0.29, 0.717) is 6.54 Å². The second kappa shape index (κ2) is 5.46. The summed E-state index contributed by atoms with van der Waals surface area (Å²) in [5.74, 6) is -0.488. The van der Waals surface area contributed by atoms with Crippen molar-refractivity contribution in [1.82, 2.24) is 10.6 Å². The van der Waals surface area contributed by atoms with Gasteiger partial charge in [0.1, 0.15) is 12.4 Å². The number of halogens is 1. The fourth-order valence-corrected chi connectivity index (χ4v) is 1.72. The van der Waals surface area contributed by atoms with E-state index in [1.54, 1.807) is 12.1 Å². The smallest absolute Gasteiger partial charge is 0.246 e. The molecule has 1 saturated heterocycles. The van der Waals surface area contributed by atoms with E-state index in [-0.39, 0.29) is 23.9 Å². The molecule has 1 aromatic carbocycles. The molecule has 1 amide bonds. The third-order valence-electron chi connectivity index (χ3n) is 2.93. The lowest BCUT2D eigenvalue weighted by Gasteiger charge is -2.38. The number of hydrogen-bond donors (Lipinski definition) is 2. The van der Waals surface area contributed by atoms with Crippen molar-refractivity contribution in [2.75, 3.05) is 19.7 Å². The fraction of sp³-hybridized carbons (Fsp3) is 0.462. The zero-order valence-corrected chi connectivity index (χ0v) is 10.3. The quantitative estimate of drug-likeness (QED) is 0.815. The third kappa shape index (κ3) is 3.51. The molecule has 2 N–H and O–H groups in total. The molecular weight excluding hydrogens is 235 g/mol. The molecule has 0 saturated carbocycles. The summed E-state index contributed by atoms with van der Waals surface area (Å²) in [6, 6.07) is 6.16. The predicted molar refractivity (Wildman–Crippen MR) is 65.5 cm³/mol. The maximum absolute atomic E-state index is 12.9. The molecule has 0 aliphatic carbocycles. The van der Waals surface area contributed by atoms with Crippen molar-refractivity contribution in [3.8, 4) is 0 Å². The topological polar surface area (TPSA) is 50.4 Å². The molecule has 0 bridgehead atoms. The van der Waals surface area contributed by atoms with E-state index in [1.807, 2.05) is 6.92 Å². The SMILES string of the molecule is CC1(OCC(=O)NCc2cccc(F)c2)CNC1. The highest BCUT2D eigenvalue weighted by molar-refractivity contribution is 5.77. The van der Waals surface area contributed by atoms with Gasteiger partial charge in [-0.2, -0.15) is 0 Å². The maximum Gasteiger partial charge on any atom is 0.246 e. The molecule has 1 aliphatic rings. The zero-order valence-electron chi connectivity index (χ0n) is 10.3. The lowest BCUT2D eigenvalue weighted by atomic mass is 10.0. The van der Waals surface area contributed by atoms with Gasteiger partial charge in [-0.3, -0.25) is 4.79 Å². The molecule has 0 unspecified atom stereocenters. The van der Waals surface area contributed by atoms with Crippen LogP contribution in [0.4, 0.5) is 4.39 Å². The van der Waals surface area contributed by atoms with Crippen LogP contribution >= 0.6 is 0 Å². The van der Waals surface area contributed by atoms with Gasteiger partial charge in [0.25, 0.3) is 0 Å². The van der Waals surface area contributed by atoms with Crippen molar-refractivity contribution in [3.63, 3.8) is 0 Å². The van der Waals surface area contributed by atoms with Crippen LogP contribution in [0.25, 0.3) is 0 Å². The first-order valence-electron chi connectivity index (χ1n) is 5.93. The Morgan fingerprint density at radius 2 is 2.33 bits per heavy atom. The summed E-state index contributed by atoms with van der Waals surface area (Å²) in [5, 5.41) is 5.79. The lowest BCUT2D eigenvalue weighted by molar-refractivity contribution is -0.136. The van der Waals surface area contributed by atoms with Gasteiger partial charge in [0.05, 0.1) is 5.60 Å². The first kappa shape index (κ1) is 13.0. The Balaban J connectivity index is 1.71. The Kier molecular flexibility index (Phi) is 3.93. The van der Waals surface area contributed by atoms with Crippen LogP contribution in [0.2, 0.25) is 0 Å². The molecule has 1 fully saturated rings. The molecule has 4 nitrogen and oxygen atoms in total. The minimum Gasteiger partial charge on any atom is -0.363 e. The van der Waals surface area contributed by atoms with Crippen molar-refractivity contribution in [1.29, 1.82) is 0 Å². The van der Waals surface area contributed by atoms with Crippen LogP contribution in [-0.4, -0.2) is 31.2 Å². The van der Waals surface area contributed by atoms with Gasteiger partial charge in [-0.05, 0) is 24.6 Å². The van der Waals surface area contributed by atoms with E-state index < -0.39 is 0 Å². The van der Waals surface area contributed by atoms with Gasteiger partial charge in [0.2, 0.25) is 5.91 Å². The summed E-state index contributed by atoms with van der Waals surface area (Å²) >= 11 is 0. The van der Waals surface area contributed by atoms with Crippen LogP contribution in [0, 0.1) is 5.82 Å². The standard InChI is InChI=1S/C13H17FN2O2/c1-13(8-15-9-13)18-7-12(17)16-6-10-3-2-4-11(14)5-10/h2-5,15H,6-9H2,1H3,(H,16,17). The van der Waals surface area contributed by atoms with Crippen LogP contribution in [-0.2, 0) is 16.1 Å². The minimum absolute atomic E-state index is 0.0352. The van der Waals surface area contributed by atoms with E-state index in [2.05, 4.69) is 10.6 Å². The molecule has 0 atom stereocenters. The summed E-state index contributed by atoms with van der Waals surface area (Å²) in [4.78, 5) is 11.5. The average molecular weight is 252 g/mol. The molecule has 1 aromatic rings. The molecule has 18 heavy (non-hydrogen) atoms. The summed E-state index contributed by atoms with van der Waals surface area (Å²) in [5.41, 5.74) is 0.510. The number of nitrogens with one attached hydrogen (secondary N) is 2. The summed E-state index contributed by atoms with van der Waals surface area (Å²) in [6.45, 7) is 3.85. The second-order valence-electron chi connectivity index (χ2n) is 4.75. The number of ether oxygens (including phenoxy) is 1. The monoisotopic (exact) mass is 252 g/mol. The van der Waals surface area contributed by atoms with Gasteiger partial charge < -0.3 is 15.4 Å². The van der Waals surface area contributed by atoms with Gasteiger partial charge in [0.15, 0.2) is 0 Å². The van der Waals surface area contributed by atoms with Gasteiger partial charge in [0, 0.05) is 19.6 Å². The van der Waals surface area contributed by atoms with Gasteiger partial charge >= 0.3 is 0 Å². The van der Waals surface area contributed by atoms with E-state index in [4.69, 9.17) is 4.74 Å². The Hall–Kier alpha value is -1.46. The van der Waals surface area contributed by atoms with E-state index in [0.717, 1.165) is 18.7 Å². The van der Waals surface area contributed by atoms with Crippen LogP contribution in [0.5, 0.6) is 0 Å². The second-order valence-corrected chi connectivity index (χ2v) is 4.75. The normalized spacial score (nSPS) is 17.0. The Bertz CT molecular complexity index is 433. The van der Waals surface area contributed by atoms with Crippen LogP contribution in [0.15, 0.2) is 24.3 Å². The van der Waals surface area contributed by atoms with E-state index >= 15 is 0 Å². The largest absolute Gasteiger partial charge is 0.363 e. The third-order valence-corrected chi connectivity index (χ3v) is 2.93. The Labute approximate surface area is 106 Å². The van der Waals surface area contributed by atoms with Crippen LogP contribution < -0.4 is 10.6 Å². The number of benzene rings is 1. The summed E-state index contributed by atoms with van der Waals surface area (Å²) < 4.78 is 18.4. The van der Waals surface area contributed by atoms with E-state index in [1.165, 1.54) is 12.1 Å². The Morgan fingerprint density at radius 1 is 1.56 bits per heavy atom. The van der Waals surface area contributed by atoms with E-state index in [9.17, 15) is 9.18 Å². The first-order chi connectivity index (χ1) is 8.57. The fourth-order valence-electron chi connectivity index (χ4n) is 1.72. The zero-order chi connectivity index (χ0) is 13.0. The van der Waals surface area contributed by atoms with Gasteiger partial charge in [-0.15, -0.1) is 0 Å². The van der Waals surface area contributed by atoms with Crippen molar-refractivity contribution in [2.24, 2.45) is 0 Å². The van der Waals surface area contributed by atoms with Crippen LogP contribution in [0.3, 0.4) is 0 Å². The molecule has 1 heterocycles. The van der Waals surface area contributed by atoms with Crippen molar-refractivity contribution in [3.05, 3.63) is 35.6 Å². The summed E-state index contributed by atoms with van der Waals surface area (Å²) in [7, 11) is 0. The molecule has 5 heteroatoms. The number of carbonyl (C=O) groups excluding carboxylic acids is 1. The minimum atomic E-state index is -0.300. The number of hydrogen-bond acceptors (Lipinski definition) is 3. The van der Waals surface area contributed by atoms with Crippen molar-refractivity contribution >= 4 is 5.91 Å². The molecule has 1 aliphatic heterocycles. The molecule has 0 spiro atoms. The van der Waals surface area contributed by atoms with Crippen molar-refractivity contribution in [2.45, 2.75) is 19.1 Å². The molecule has 0 aromatic heterocycles. The first-order valence-corrected chi connectivity index (χ1v) is 5.93.